The van der Waals surface area contributed by atoms with Crippen LogP contribution in [0.25, 0.3) is 0 Å². The zero-order chi connectivity index (χ0) is 13.2. The maximum Gasteiger partial charge on any atom is 0.137 e. The summed E-state index contributed by atoms with van der Waals surface area (Å²) in [6, 6.07) is 0. The molecule has 0 saturated heterocycles. The van der Waals surface area contributed by atoms with Crippen molar-refractivity contribution < 1.29 is 4.74 Å². The van der Waals surface area contributed by atoms with Crippen molar-refractivity contribution >= 4 is 17.4 Å². The van der Waals surface area contributed by atoms with Crippen LogP contribution < -0.4 is 5.32 Å². The van der Waals surface area contributed by atoms with Gasteiger partial charge in [-0.3, -0.25) is 0 Å². The second-order valence-corrected chi connectivity index (χ2v) is 5.49. The zero-order valence-electron chi connectivity index (χ0n) is 11.2. The summed E-state index contributed by atoms with van der Waals surface area (Å²) in [5.41, 5.74) is 1.32. The van der Waals surface area contributed by atoms with Crippen molar-refractivity contribution in [3.63, 3.8) is 0 Å². The lowest BCUT2D eigenvalue weighted by Gasteiger charge is -2.17. The number of hydrogen-bond acceptors (Lipinski definition) is 4. The van der Waals surface area contributed by atoms with Gasteiger partial charge in [0.2, 0.25) is 0 Å². The van der Waals surface area contributed by atoms with E-state index in [0.29, 0.717) is 16.4 Å². The molecular weight excluding hydrogens is 250 g/mol. The minimum absolute atomic E-state index is 0.397. The van der Waals surface area contributed by atoms with E-state index < -0.39 is 0 Å². The number of anilines is 1. The van der Waals surface area contributed by atoms with Crippen LogP contribution in [0, 0.1) is 19.3 Å². The van der Waals surface area contributed by atoms with E-state index in [-0.39, 0.29) is 0 Å². The quantitative estimate of drug-likeness (QED) is 0.807. The molecule has 2 rings (SSSR count). The highest BCUT2D eigenvalue weighted by Crippen LogP contribution is 2.48. The van der Waals surface area contributed by atoms with Gasteiger partial charge >= 0.3 is 0 Å². The molecule has 0 radical (unpaired) electrons. The number of halogens is 1. The van der Waals surface area contributed by atoms with Gasteiger partial charge in [-0.05, 0) is 38.5 Å². The Kier molecular flexibility index (Phi) is 4.07. The Morgan fingerprint density at radius 1 is 1.33 bits per heavy atom. The highest BCUT2D eigenvalue weighted by Gasteiger charge is 2.41. The summed E-state index contributed by atoms with van der Waals surface area (Å²) in [5, 5.41) is 3.95. The average molecular weight is 270 g/mol. The van der Waals surface area contributed by atoms with Crippen molar-refractivity contribution in [2.45, 2.75) is 33.1 Å². The van der Waals surface area contributed by atoms with E-state index in [9.17, 15) is 0 Å². The Morgan fingerprint density at radius 2 is 2.06 bits per heavy atom. The topological polar surface area (TPSA) is 47.0 Å². The van der Waals surface area contributed by atoms with Crippen molar-refractivity contribution in [1.82, 2.24) is 9.97 Å². The fraction of sp³-hybridized carbons (Fsp3) is 0.692. The molecular formula is C13H20ClN3O. The molecule has 0 bridgehead atoms. The molecule has 1 aromatic heterocycles. The minimum atomic E-state index is 0.397. The molecule has 0 amide bonds. The molecule has 1 N–H and O–H groups in total. The Bertz CT molecular complexity index is 432. The maximum absolute atomic E-state index is 6.06. The Labute approximate surface area is 113 Å². The van der Waals surface area contributed by atoms with E-state index >= 15 is 0 Å². The van der Waals surface area contributed by atoms with Gasteiger partial charge in [0.05, 0.1) is 0 Å². The van der Waals surface area contributed by atoms with Crippen LogP contribution in [0.2, 0.25) is 5.15 Å². The molecule has 1 aromatic rings. The van der Waals surface area contributed by atoms with E-state index in [4.69, 9.17) is 16.3 Å². The van der Waals surface area contributed by atoms with Gasteiger partial charge < -0.3 is 10.1 Å². The van der Waals surface area contributed by atoms with E-state index in [1.165, 1.54) is 12.8 Å². The summed E-state index contributed by atoms with van der Waals surface area (Å²) in [7, 11) is 1.75. The van der Waals surface area contributed by atoms with Crippen LogP contribution in [0.4, 0.5) is 5.82 Å². The number of aromatic nitrogens is 2. The molecule has 1 saturated carbocycles. The third-order valence-corrected chi connectivity index (χ3v) is 3.99. The van der Waals surface area contributed by atoms with Crippen LogP contribution in [0.1, 0.15) is 30.7 Å². The van der Waals surface area contributed by atoms with Gasteiger partial charge in [-0.2, -0.15) is 0 Å². The largest absolute Gasteiger partial charge is 0.385 e. The number of methoxy groups -OCH3 is 1. The fourth-order valence-electron chi connectivity index (χ4n) is 2.05. The van der Waals surface area contributed by atoms with Gasteiger partial charge in [0, 0.05) is 25.8 Å². The first-order valence-corrected chi connectivity index (χ1v) is 6.68. The summed E-state index contributed by atoms with van der Waals surface area (Å²) >= 11 is 6.06. The molecule has 0 aromatic carbocycles. The van der Waals surface area contributed by atoms with Crippen LogP contribution in [0.3, 0.4) is 0 Å². The van der Waals surface area contributed by atoms with Crippen LogP contribution in [0.5, 0.6) is 0 Å². The molecule has 4 nitrogen and oxygen atoms in total. The molecule has 5 heteroatoms. The highest BCUT2D eigenvalue weighted by molar-refractivity contribution is 6.30. The predicted molar refractivity (Wildman–Crippen MR) is 73.2 cm³/mol. The van der Waals surface area contributed by atoms with Gasteiger partial charge in [-0.1, -0.05) is 11.6 Å². The lowest BCUT2D eigenvalue weighted by atomic mass is 10.0. The van der Waals surface area contributed by atoms with Gasteiger partial charge in [-0.25, -0.2) is 9.97 Å². The Hall–Kier alpha value is -0.870. The standard InChI is InChI=1S/C13H20ClN3O/c1-9-11(14)16-10(2)17-12(9)15-8-13(4-5-13)6-7-18-3/h4-8H2,1-3H3,(H,15,16,17). The molecule has 1 heterocycles. The molecule has 1 aliphatic carbocycles. The molecule has 1 aliphatic rings. The first-order valence-electron chi connectivity index (χ1n) is 6.30. The monoisotopic (exact) mass is 269 g/mol. The van der Waals surface area contributed by atoms with Crippen molar-refractivity contribution in [2.75, 3.05) is 25.6 Å². The van der Waals surface area contributed by atoms with Crippen LogP contribution in [-0.2, 0) is 4.74 Å². The average Bonchev–Trinajstić information content (AvgIpc) is 3.10. The predicted octanol–water partition coefficient (Wildman–Crippen LogP) is 2.98. The Balaban J connectivity index is 1.98. The van der Waals surface area contributed by atoms with Crippen LogP contribution in [0.15, 0.2) is 0 Å². The van der Waals surface area contributed by atoms with Crippen molar-refractivity contribution in [3.8, 4) is 0 Å². The van der Waals surface area contributed by atoms with Crippen molar-refractivity contribution in [1.29, 1.82) is 0 Å². The first-order chi connectivity index (χ1) is 8.56. The van der Waals surface area contributed by atoms with E-state index in [1.54, 1.807) is 7.11 Å². The number of nitrogens with one attached hydrogen (secondary N) is 1. The van der Waals surface area contributed by atoms with Gasteiger partial charge in [0.15, 0.2) is 0 Å². The van der Waals surface area contributed by atoms with E-state index in [1.807, 2.05) is 13.8 Å². The first kappa shape index (κ1) is 13.6. The van der Waals surface area contributed by atoms with Gasteiger partial charge in [0.25, 0.3) is 0 Å². The third-order valence-electron chi connectivity index (χ3n) is 3.62. The number of rotatable bonds is 6. The second-order valence-electron chi connectivity index (χ2n) is 5.13. The molecule has 1 fully saturated rings. The summed E-state index contributed by atoms with van der Waals surface area (Å²) in [6.45, 7) is 5.56. The SMILES string of the molecule is COCCC1(CNc2nc(C)nc(Cl)c2C)CC1. The molecule has 18 heavy (non-hydrogen) atoms. The molecule has 0 atom stereocenters. The van der Waals surface area contributed by atoms with Crippen LogP contribution >= 0.6 is 11.6 Å². The summed E-state index contributed by atoms with van der Waals surface area (Å²) in [4.78, 5) is 8.54. The summed E-state index contributed by atoms with van der Waals surface area (Å²) in [6.07, 6.45) is 3.63. The van der Waals surface area contributed by atoms with E-state index in [2.05, 4.69) is 15.3 Å². The number of ether oxygens (including phenoxy) is 1. The fourth-order valence-corrected chi connectivity index (χ4v) is 2.26. The maximum atomic E-state index is 6.06. The number of aryl methyl sites for hydroxylation is 1. The van der Waals surface area contributed by atoms with Gasteiger partial charge in [-0.15, -0.1) is 0 Å². The second kappa shape index (κ2) is 5.41. The van der Waals surface area contributed by atoms with Crippen LogP contribution in [-0.4, -0.2) is 30.2 Å². The number of nitrogens with zero attached hydrogens (tertiary/aromatic N) is 2. The molecule has 100 valence electrons. The van der Waals surface area contributed by atoms with E-state index in [0.717, 1.165) is 31.0 Å². The lowest BCUT2D eigenvalue weighted by Crippen LogP contribution is -2.19. The van der Waals surface area contributed by atoms with Crippen molar-refractivity contribution in [2.24, 2.45) is 5.41 Å². The van der Waals surface area contributed by atoms with Crippen molar-refractivity contribution in [3.05, 3.63) is 16.5 Å². The Morgan fingerprint density at radius 3 is 2.67 bits per heavy atom. The summed E-state index contributed by atoms with van der Waals surface area (Å²) in [5.74, 6) is 1.56. The molecule has 0 unspecified atom stereocenters. The third kappa shape index (κ3) is 3.12. The highest BCUT2D eigenvalue weighted by atomic mass is 35.5. The smallest absolute Gasteiger partial charge is 0.137 e. The minimum Gasteiger partial charge on any atom is -0.385 e. The summed E-state index contributed by atoms with van der Waals surface area (Å²) < 4.78 is 5.16. The van der Waals surface area contributed by atoms with Gasteiger partial charge in [0.1, 0.15) is 16.8 Å². The lowest BCUT2D eigenvalue weighted by molar-refractivity contribution is 0.175. The number of hydrogen-bond donors (Lipinski definition) is 1. The normalized spacial score (nSPS) is 16.7. The molecule has 0 spiro atoms. The zero-order valence-corrected chi connectivity index (χ0v) is 12.0. The molecule has 0 aliphatic heterocycles.